The number of aliphatic hydroxyl groups is 1. The van der Waals surface area contributed by atoms with Gasteiger partial charge in [0, 0.05) is 5.57 Å². The van der Waals surface area contributed by atoms with Gasteiger partial charge in [-0.1, -0.05) is 36.8 Å². The molecule has 1 nitrogen and oxygen atoms in total. The highest BCUT2D eigenvalue weighted by Gasteiger charge is 2.05. The summed E-state index contributed by atoms with van der Waals surface area (Å²) in [5.41, 5.74) is 6.79. The summed E-state index contributed by atoms with van der Waals surface area (Å²) >= 11 is 0. The third-order valence-electron chi connectivity index (χ3n) is 3.07. The van der Waals surface area contributed by atoms with Crippen molar-refractivity contribution in [3.8, 4) is 0 Å². The Bertz CT molecular complexity index is 389. The van der Waals surface area contributed by atoms with Crippen molar-refractivity contribution in [2.75, 3.05) is 6.61 Å². The number of hydrogen-bond acceptors (Lipinski definition) is 1. The summed E-state index contributed by atoms with van der Waals surface area (Å²) in [6.45, 7) is 0.0769. The van der Waals surface area contributed by atoms with Gasteiger partial charge in [0.25, 0.3) is 0 Å². The van der Waals surface area contributed by atoms with Gasteiger partial charge in [-0.05, 0) is 36.8 Å². The molecule has 0 heterocycles. The zero-order valence-corrected chi connectivity index (χ0v) is 9.58. The average Bonchev–Trinajstić information content (AvgIpc) is 2.38. The fraction of sp³-hybridized carbons (Fsp3) is 0.400. The van der Waals surface area contributed by atoms with Crippen LogP contribution in [-0.4, -0.2) is 11.7 Å². The van der Waals surface area contributed by atoms with Gasteiger partial charge < -0.3 is 5.11 Å². The lowest BCUT2D eigenvalue weighted by Crippen LogP contribution is -1.94. The van der Waals surface area contributed by atoms with E-state index in [1.807, 2.05) is 30.3 Å². The van der Waals surface area contributed by atoms with Crippen molar-refractivity contribution in [2.45, 2.75) is 32.1 Å². The standard InChI is InChI=1S/C15H18O/c16-12-15(14-9-5-2-6-10-14)11-13-7-3-1-4-8-13/h2,5-6,9-10,16H,1,3-4,7-8,12H2. The molecule has 1 aromatic rings. The van der Waals surface area contributed by atoms with Crippen LogP contribution in [0.2, 0.25) is 0 Å². The molecule has 0 spiro atoms. The Labute approximate surface area is 97.1 Å². The third-order valence-corrected chi connectivity index (χ3v) is 3.07. The van der Waals surface area contributed by atoms with Crippen LogP contribution in [0.5, 0.6) is 0 Å². The summed E-state index contributed by atoms with van der Waals surface area (Å²) < 4.78 is 0. The van der Waals surface area contributed by atoms with Crippen LogP contribution in [0.1, 0.15) is 37.7 Å². The normalized spacial score (nSPS) is 15.7. The summed E-state index contributed by atoms with van der Waals surface area (Å²) in [4.78, 5) is 0. The molecule has 0 aromatic heterocycles. The van der Waals surface area contributed by atoms with E-state index in [4.69, 9.17) is 0 Å². The molecule has 0 radical (unpaired) electrons. The Morgan fingerprint density at radius 2 is 1.75 bits per heavy atom. The van der Waals surface area contributed by atoms with Crippen LogP contribution in [0.25, 0.3) is 5.57 Å². The van der Waals surface area contributed by atoms with Crippen molar-refractivity contribution in [1.29, 1.82) is 0 Å². The number of benzene rings is 1. The van der Waals surface area contributed by atoms with Gasteiger partial charge in [0.05, 0.1) is 6.61 Å². The highest BCUT2D eigenvalue weighted by atomic mass is 16.3. The zero-order valence-electron chi connectivity index (χ0n) is 9.58. The maximum atomic E-state index is 9.40. The van der Waals surface area contributed by atoms with Crippen LogP contribution in [0.15, 0.2) is 41.6 Å². The molecule has 1 N–H and O–H groups in total. The van der Waals surface area contributed by atoms with E-state index in [0.717, 1.165) is 24.0 Å². The van der Waals surface area contributed by atoms with E-state index in [-0.39, 0.29) is 6.61 Å². The quantitative estimate of drug-likeness (QED) is 0.746. The molecule has 0 aliphatic heterocycles. The molecule has 1 heteroatoms. The molecule has 1 fully saturated rings. The smallest absolute Gasteiger partial charge is 0.0759 e. The first-order chi connectivity index (χ1) is 7.90. The fourth-order valence-electron chi connectivity index (χ4n) is 2.16. The van der Waals surface area contributed by atoms with Crippen LogP contribution in [0.4, 0.5) is 0 Å². The first-order valence-corrected chi connectivity index (χ1v) is 6.04. The fourth-order valence-corrected chi connectivity index (χ4v) is 2.16. The summed E-state index contributed by atoms with van der Waals surface area (Å²) in [6.07, 6.45) is 6.18. The maximum absolute atomic E-state index is 9.40. The Morgan fingerprint density at radius 3 is 2.38 bits per heavy atom. The summed E-state index contributed by atoms with van der Waals surface area (Å²) in [7, 11) is 0. The van der Waals surface area contributed by atoms with Crippen molar-refractivity contribution in [2.24, 2.45) is 0 Å². The van der Waals surface area contributed by atoms with Gasteiger partial charge in [-0.25, -0.2) is 0 Å². The number of hydrogen-bond donors (Lipinski definition) is 1. The van der Waals surface area contributed by atoms with Crippen LogP contribution in [-0.2, 0) is 0 Å². The van der Waals surface area contributed by atoms with E-state index in [1.54, 1.807) is 0 Å². The monoisotopic (exact) mass is 214 g/mol. The Balaban J connectivity index is 2.31. The molecular formula is C15H18O. The molecule has 1 aromatic carbocycles. The van der Waals surface area contributed by atoms with Crippen LogP contribution >= 0.6 is 0 Å². The summed E-state index contributed by atoms with van der Waals surface area (Å²) in [6, 6.07) is 10.0. The maximum Gasteiger partial charge on any atom is 0.0759 e. The molecule has 1 aliphatic carbocycles. The molecule has 0 atom stereocenters. The van der Waals surface area contributed by atoms with Crippen LogP contribution in [0, 0.1) is 0 Å². The van der Waals surface area contributed by atoms with E-state index in [2.05, 4.69) is 5.73 Å². The van der Waals surface area contributed by atoms with Crippen molar-refractivity contribution < 1.29 is 5.11 Å². The molecule has 0 amide bonds. The molecule has 84 valence electrons. The van der Waals surface area contributed by atoms with Crippen molar-refractivity contribution in [3.05, 3.63) is 47.2 Å². The van der Waals surface area contributed by atoms with Crippen molar-refractivity contribution >= 4 is 5.57 Å². The zero-order chi connectivity index (χ0) is 11.2. The molecule has 0 unspecified atom stereocenters. The van der Waals surface area contributed by atoms with Crippen LogP contribution in [0.3, 0.4) is 0 Å². The predicted molar refractivity (Wildman–Crippen MR) is 67.0 cm³/mol. The first kappa shape index (κ1) is 11.2. The lowest BCUT2D eigenvalue weighted by molar-refractivity contribution is 0.350. The minimum absolute atomic E-state index is 0.0769. The lowest BCUT2D eigenvalue weighted by Gasteiger charge is -2.11. The lowest BCUT2D eigenvalue weighted by atomic mass is 9.94. The highest BCUT2D eigenvalue weighted by Crippen LogP contribution is 2.23. The topological polar surface area (TPSA) is 20.2 Å². The number of rotatable bonds is 2. The SMILES string of the molecule is OCC(=C=C1CCCCC1)c1ccccc1. The third kappa shape index (κ3) is 2.85. The number of aliphatic hydroxyl groups excluding tert-OH is 1. The van der Waals surface area contributed by atoms with Crippen molar-refractivity contribution in [1.82, 2.24) is 0 Å². The van der Waals surface area contributed by atoms with Crippen LogP contribution < -0.4 is 0 Å². The van der Waals surface area contributed by atoms with E-state index in [0.29, 0.717) is 0 Å². The molecule has 16 heavy (non-hydrogen) atoms. The van der Waals surface area contributed by atoms with E-state index in [1.165, 1.54) is 24.8 Å². The molecular weight excluding hydrogens is 196 g/mol. The molecule has 0 saturated heterocycles. The second-order valence-corrected chi connectivity index (χ2v) is 4.29. The van der Waals surface area contributed by atoms with E-state index < -0.39 is 0 Å². The molecule has 0 bridgehead atoms. The Hall–Kier alpha value is -1.30. The van der Waals surface area contributed by atoms with Gasteiger partial charge in [0.1, 0.15) is 0 Å². The second-order valence-electron chi connectivity index (χ2n) is 4.29. The van der Waals surface area contributed by atoms with Gasteiger partial charge in [0.15, 0.2) is 0 Å². The Kier molecular flexibility index (Phi) is 3.98. The first-order valence-electron chi connectivity index (χ1n) is 6.04. The molecule has 1 aliphatic rings. The van der Waals surface area contributed by atoms with E-state index in [9.17, 15) is 5.11 Å². The second kappa shape index (κ2) is 5.69. The largest absolute Gasteiger partial charge is 0.391 e. The molecule has 2 rings (SSSR count). The highest BCUT2D eigenvalue weighted by molar-refractivity contribution is 5.65. The Morgan fingerprint density at radius 1 is 1.06 bits per heavy atom. The van der Waals surface area contributed by atoms with Gasteiger partial charge in [-0.3, -0.25) is 0 Å². The van der Waals surface area contributed by atoms with Gasteiger partial charge in [0.2, 0.25) is 0 Å². The van der Waals surface area contributed by atoms with Crippen molar-refractivity contribution in [3.63, 3.8) is 0 Å². The average molecular weight is 214 g/mol. The summed E-state index contributed by atoms with van der Waals surface area (Å²) in [5.74, 6) is 0. The predicted octanol–water partition coefficient (Wildman–Crippen LogP) is 3.55. The van der Waals surface area contributed by atoms with Gasteiger partial charge >= 0.3 is 0 Å². The van der Waals surface area contributed by atoms with Gasteiger partial charge in [-0.15, -0.1) is 5.73 Å². The van der Waals surface area contributed by atoms with Gasteiger partial charge in [-0.2, -0.15) is 0 Å². The summed E-state index contributed by atoms with van der Waals surface area (Å²) in [5, 5.41) is 9.40. The van der Waals surface area contributed by atoms with E-state index >= 15 is 0 Å². The minimum atomic E-state index is 0.0769. The molecule has 1 saturated carbocycles. The minimum Gasteiger partial charge on any atom is -0.391 e.